The number of nitrogens with zero attached hydrogens (tertiary/aromatic N) is 1. The lowest BCUT2D eigenvalue weighted by molar-refractivity contribution is 0.00578. The summed E-state index contributed by atoms with van der Waals surface area (Å²) in [5.41, 5.74) is 14.6. The summed E-state index contributed by atoms with van der Waals surface area (Å²) >= 11 is 0. The Morgan fingerprint density at radius 2 is 1.45 bits per heavy atom. The maximum Gasteiger partial charge on any atom is 0.494 e. The van der Waals surface area contributed by atoms with E-state index in [9.17, 15) is 0 Å². The van der Waals surface area contributed by atoms with Gasteiger partial charge in [-0.05, 0) is 83.2 Å². The van der Waals surface area contributed by atoms with Gasteiger partial charge in [-0.15, -0.1) is 0 Å². The van der Waals surface area contributed by atoms with Crippen molar-refractivity contribution in [2.24, 2.45) is 5.92 Å². The van der Waals surface area contributed by atoms with E-state index in [0.29, 0.717) is 16.8 Å². The van der Waals surface area contributed by atoms with Crippen LogP contribution in [0.2, 0.25) is 0 Å². The first-order chi connectivity index (χ1) is 14.5. The third kappa shape index (κ3) is 4.21. The highest BCUT2D eigenvalue weighted by atomic mass is 16.7. The van der Waals surface area contributed by atoms with E-state index in [1.54, 1.807) is 12.1 Å². The third-order valence-electron chi connectivity index (χ3n) is 7.71. The number of anilines is 2. The average Bonchev–Trinajstić information content (AvgIpc) is 3.39. The Kier molecular flexibility index (Phi) is 5.61. The van der Waals surface area contributed by atoms with Crippen LogP contribution in [0.1, 0.15) is 46.1 Å². The van der Waals surface area contributed by atoms with E-state index in [1.165, 1.54) is 31.5 Å². The van der Waals surface area contributed by atoms with Gasteiger partial charge < -0.3 is 25.7 Å². The monoisotopic (exact) mass is 421 g/mol. The lowest BCUT2D eigenvalue weighted by Crippen LogP contribution is -2.41. The Morgan fingerprint density at radius 3 is 1.94 bits per heavy atom. The highest BCUT2D eigenvalue weighted by molar-refractivity contribution is 6.62. The van der Waals surface area contributed by atoms with E-state index in [2.05, 4.69) is 63.9 Å². The van der Waals surface area contributed by atoms with Crippen molar-refractivity contribution in [1.29, 1.82) is 0 Å². The van der Waals surface area contributed by atoms with Crippen LogP contribution < -0.4 is 16.9 Å². The SMILES string of the molecule is CN1CCC2(c3ccc(B4OC(C)(C)C(C)(C)O4)cc3)CC2C1.Nc1ccccc1N. The molecule has 0 spiro atoms. The van der Waals surface area contributed by atoms with Gasteiger partial charge in [-0.25, -0.2) is 0 Å². The van der Waals surface area contributed by atoms with Gasteiger partial charge in [-0.2, -0.15) is 0 Å². The summed E-state index contributed by atoms with van der Waals surface area (Å²) < 4.78 is 12.3. The van der Waals surface area contributed by atoms with E-state index >= 15 is 0 Å². The maximum absolute atomic E-state index is 6.16. The number of benzene rings is 2. The van der Waals surface area contributed by atoms with Crippen LogP contribution in [0.4, 0.5) is 11.4 Å². The Labute approximate surface area is 187 Å². The fourth-order valence-corrected chi connectivity index (χ4v) is 4.74. The molecule has 31 heavy (non-hydrogen) atoms. The molecule has 0 amide bonds. The van der Waals surface area contributed by atoms with Crippen LogP contribution in [0, 0.1) is 5.92 Å². The van der Waals surface area contributed by atoms with E-state index in [0.717, 1.165) is 11.4 Å². The summed E-state index contributed by atoms with van der Waals surface area (Å²) in [6, 6.07) is 16.3. The maximum atomic E-state index is 6.16. The third-order valence-corrected chi connectivity index (χ3v) is 7.71. The summed E-state index contributed by atoms with van der Waals surface area (Å²) in [5, 5.41) is 0. The van der Waals surface area contributed by atoms with Gasteiger partial charge in [-0.1, -0.05) is 36.4 Å². The molecule has 166 valence electrons. The Bertz CT molecular complexity index is 894. The van der Waals surface area contributed by atoms with E-state index in [1.807, 2.05) is 12.1 Å². The van der Waals surface area contributed by atoms with Crippen molar-refractivity contribution in [3.8, 4) is 0 Å². The van der Waals surface area contributed by atoms with Gasteiger partial charge in [0.2, 0.25) is 0 Å². The number of nitrogen functional groups attached to an aromatic ring is 2. The van der Waals surface area contributed by atoms with Crippen molar-refractivity contribution < 1.29 is 9.31 Å². The van der Waals surface area contributed by atoms with Gasteiger partial charge >= 0.3 is 7.12 Å². The molecule has 2 saturated heterocycles. The molecule has 4 N–H and O–H groups in total. The number of likely N-dealkylation sites (tertiary alicyclic amines) is 1. The zero-order valence-corrected chi connectivity index (χ0v) is 19.5. The van der Waals surface area contributed by atoms with Gasteiger partial charge in [0.05, 0.1) is 22.6 Å². The molecule has 5 nitrogen and oxygen atoms in total. The lowest BCUT2D eigenvalue weighted by atomic mass is 9.77. The molecule has 1 saturated carbocycles. The van der Waals surface area contributed by atoms with Gasteiger partial charge in [-0.3, -0.25) is 0 Å². The van der Waals surface area contributed by atoms with Crippen LogP contribution in [0.3, 0.4) is 0 Å². The summed E-state index contributed by atoms with van der Waals surface area (Å²) in [5.74, 6) is 0.851. The van der Waals surface area contributed by atoms with Crippen LogP contribution in [0.15, 0.2) is 48.5 Å². The van der Waals surface area contributed by atoms with Gasteiger partial charge in [0.15, 0.2) is 0 Å². The number of piperidine rings is 1. The minimum absolute atomic E-state index is 0.251. The molecule has 2 aliphatic heterocycles. The Morgan fingerprint density at radius 1 is 0.903 bits per heavy atom. The molecule has 2 heterocycles. The molecule has 0 aromatic heterocycles. The van der Waals surface area contributed by atoms with Gasteiger partial charge in [0.1, 0.15) is 0 Å². The van der Waals surface area contributed by atoms with E-state index in [-0.39, 0.29) is 18.3 Å². The molecule has 2 atom stereocenters. The van der Waals surface area contributed by atoms with Gasteiger partial charge in [0.25, 0.3) is 0 Å². The number of hydrogen-bond donors (Lipinski definition) is 2. The molecule has 6 heteroatoms. The minimum Gasteiger partial charge on any atom is -0.399 e. The largest absolute Gasteiger partial charge is 0.494 e. The highest BCUT2D eigenvalue weighted by Gasteiger charge is 2.57. The van der Waals surface area contributed by atoms with Crippen molar-refractivity contribution in [3.05, 3.63) is 54.1 Å². The second-order valence-corrected chi connectivity index (χ2v) is 10.4. The number of para-hydroxylation sites is 2. The first kappa shape index (κ1) is 22.2. The van der Waals surface area contributed by atoms with Crippen molar-refractivity contribution in [2.45, 2.75) is 57.2 Å². The number of hydrogen-bond acceptors (Lipinski definition) is 5. The fourth-order valence-electron chi connectivity index (χ4n) is 4.74. The zero-order valence-electron chi connectivity index (χ0n) is 19.5. The van der Waals surface area contributed by atoms with Crippen LogP contribution in [0.5, 0.6) is 0 Å². The van der Waals surface area contributed by atoms with E-state index in [4.69, 9.17) is 20.8 Å². The van der Waals surface area contributed by atoms with Crippen molar-refractivity contribution in [2.75, 3.05) is 31.6 Å². The smallest absolute Gasteiger partial charge is 0.399 e. The van der Waals surface area contributed by atoms with Crippen molar-refractivity contribution >= 4 is 24.0 Å². The molecule has 2 unspecified atom stereocenters. The molecule has 2 aromatic carbocycles. The summed E-state index contributed by atoms with van der Waals surface area (Å²) in [6.45, 7) is 10.9. The summed E-state index contributed by atoms with van der Waals surface area (Å²) in [4.78, 5) is 2.47. The quantitative estimate of drug-likeness (QED) is 0.574. The van der Waals surface area contributed by atoms with Crippen LogP contribution in [-0.2, 0) is 14.7 Å². The minimum atomic E-state index is -0.273. The first-order valence-electron chi connectivity index (χ1n) is 11.3. The zero-order chi connectivity index (χ0) is 22.4. The topological polar surface area (TPSA) is 73.7 Å². The molecule has 1 aliphatic carbocycles. The van der Waals surface area contributed by atoms with Crippen LogP contribution >= 0.6 is 0 Å². The molecular weight excluding hydrogens is 385 g/mol. The predicted molar refractivity (Wildman–Crippen MR) is 129 cm³/mol. The average molecular weight is 421 g/mol. The van der Waals surface area contributed by atoms with Crippen molar-refractivity contribution in [3.63, 3.8) is 0 Å². The molecular formula is C25H36BN3O2. The highest BCUT2D eigenvalue weighted by Crippen LogP contribution is 2.58. The Hall–Kier alpha value is -2.02. The van der Waals surface area contributed by atoms with Crippen LogP contribution in [-0.4, -0.2) is 43.4 Å². The Balaban J connectivity index is 0.000000245. The van der Waals surface area contributed by atoms with Crippen LogP contribution in [0.25, 0.3) is 0 Å². The molecule has 0 bridgehead atoms. The number of fused-ring (bicyclic) bond motifs is 1. The van der Waals surface area contributed by atoms with E-state index < -0.39 is 0 Å². The first-order valence-corrected chi connectivity index (χ1v) is 11.3. The lowest BCUT2D eigenvalue weighted by Gasteiger charge is -2.32. The molecule has 2 aromatic rings. The molecule has 0 radical (unpaired) electrons. The summed E-state index contributed by atoms with van der Waals surface area (Å²) in [6.07, 6.45) is 2.65. The van der Waals surface area contributed by atoms with Gasteiger partial charge in [0, 0.05) is 12.0 Å². The molecule has 5 rings (SSSR count). The second kappa shape index (κ2) is 7.84. The standard InChI is InChI=1S/C19H28BNO2.C6H8N2/c1-17(2)18(3,4)23-20(22-17)16-8-6-14(7-9-16)19-10-11-21(5)13-15(19)12-19;7-5-3-1-2-4-6(5)8/h6-9,15H,10-13H2,1-5H3;1-4H,7-8H2. The number of nitrogens with two attached hydrogens (primary N) is 2. The predicted octanol–water partition coefficient (Wildman–Crippen LogP) is 3.43. The molecule has 3 aliphatic rings. The molecule has 3 fully saturated rings. The second-order valence-electron chi connectivity index (χ2n) is 10.4. The fraction of sp³-hybridized carbons (Fsp3) is 0.520. The number of rotatable bonds is 2. The van der Waals surface area contributed by atoms with Crippen molar-refractivity contribution in [1.82, 2.24) is 4.90 Å². The normalized spacial score (nSPS) is 28.4. The summed E-state index contributed by atoms with van der Waals surface area (Å²) in [7, 11) is 1.99.